The van der Waals surface area contributed by atoms with Gasteiger partial charge in [0.25, 0.3) is 0 Å². The van der Waals surface area contributed by atoms with Crippen molar-refractivity contribution in [3.63, 3.8) is 0 Å². The minimum atomic E-state index is 0.108. The molecule has 0 bridgehead atoms. The second-order valence-corrected chi connectivity index (χ2v) is 4.74. The first-order chi connectivity index (χ1) is 7.72. The lowest BCUT2D eigenvalue weighted by Gasteiger charge is -2.26. The second-order valence-electron chi connectivity index (χ2n) is 4.74. The highest BCUT2D eigenvalue weighted by Gasteiger charge is 2.32. The highest BCUT2D eigenvalue weighted by Crippen LogP contribution is 2.36. The Labute approximate surface area is 96.7 Å². The average Bonchev–Trinajstić information content (AvgIpc) is 2.77. The number of rotatable bonds is 7. The summed E-state index contributed by atoms with van der Waals surface area (Å²) in [6, 6.07) is 0. The Morgan fingerprint density at radius 3 is 2.62 bits per heavy atom. The van der Waals surface area contributed by atoms with Crippen LogP contribution >= 0.6 is 0 Å². The zero-order chi connectivity index (χ0) is 11.9. The molecule has 1 fully saturated rings. The number of amidine groups is 1. The van der Waals surface area contributed by atoms with E-state index in [1.807, 2.05) is 0 Å². The number of hydrogen-bond donors (Lipinski definition) is 4. The Morgan fingerprint density at radius 1 is 1.38 bits per heavy atom. The second kappa shape index (κ2) is 6.70. The van der Waals surface area contributed by atoms with E-state index in [1.54, 1.807) is 0 Å². The molecule has 0 aromatic carbocycles. The molecular weight excluding hydrogens is 206 g/mol. The lowest BCUT2D eigenvalue weighted by Crippen LogP contribution is -2.35. The van der Waals surface area contributed by atoms with Crippen LogP contribution in [0.1, 0.15) is 38.5 Å². The molecule has 1 aliphatic rings. The van der Waals surface area contributed by atoms with Crippen LogP contribution in [0.15, 0.2) is 5.16 Å². The summed E-state index contributed by atoms with van der Waals surface area (Å²) >= 11 is 0. The van der Waals surface area contributed by atoms with Crippen LogP contribution < -0.4 is 11.1 Å². The maximum atomic E-state index is 9.39. The topological polar surface area (TPSA) is 90.9 Å². The lowest BCUT2D eigenvalue weighted by atomic mass is 9.87. The number of aliphatic hydroxyl groups is 1. The molecule has 0 spiro atoms. The summed E-state index contributed by atoms with van der Waals surface area (Å²) in [6.07, 6.45) is 6.17. The fraction of sp³-hybridized carbons (Fsp3) is 0.909. The van der Waals surface area contributed by atoms with Crippen molar-refractivity contribution in [3.05, 3.63) is 0 Å². The third-order valence-electron chi connectivity index (χ3n) is 3.41. The summed E-state index contributed by atoms with van der Waals surface area (Å²) in [7, 11) is 0. The average molecular weight is 229 g/mol. The van der Waals surface area contributed by atoms with Crippen molar-refractivity contribution >= 4 is 5.84 Å². The van der Waals surface area contributed by atoms with E-state index in [4.69, 9.17) is 10.9 Å². The van der Waals surface area contributed by atoms with E-state index in [9.17, 15) is 5.11 Å². The Hall–Kier alpha value is -0.810. The first kappa shape index (κ1) is 13.3. The van der Waals surface area contributed by atoms with E-state index >= 15 is 0 Å². The third kappa shape index (κ3) is 3.98. The molecule has 5 N–H and O–H groups in total. The molecule has 0 saturated heterocycles. The number of nitrogens with one attached hydrogen (secondary N) is 1. The van der Waals surface area contributed by atoms with Gasteiger partial charge in [0.1, 0.15) is 5.84 Å². The fourth-order valence-electron chi connectivity index (χ4n) is 2.31. The zero-order valence-electron chi connectivity index (χ0n) is 9.78. The minimum absolute atomic E-state index is 0.108. The van der Waals surface area contributed by atoms with Gasteiger partial charge < -0.3 is 21.4 Å². The molecule has 0 atom stereocenters. The molecule has 1 rings (SSSR count). The molecule has 0 unspecified atom stereocenters. The van der Waals surface area contributed by atoms with Crippen LogP contribution in [0.4, 0.5) is 0 Å². The molecule has 0 aromatic heterocycles. The highest BCUT2D eigenvalue weighted by atomic mass is 16.4. The molecule has 5 heteroatoms. The summed E-state index contributed by atoms with van der Waals surface area (Å²) < 4.78 is 0. The van der Waals surface area contributed by atoms with E-state index in [0.29, 0.717) is 6.42 Å². The molecule has 0 heterocycles. The van der Waals surface area contributed by atoms with Crippen LogP contribution in [-0.4, -0.2) is 35.8 Å². The predicted molar refractivity (Wildman–Crippen MR) is 63.5 cm³/mol. The molecule has 94 valence electrons. The van der Waals surface area contributed by atoms with Crippen molar-refractivity contribution in [1.82, 2.24) is 5.32 Å². The van der Waals surface area contributed by atoms with Gasteiger partial charge in [0.2, 0.25) is 0 Å². The molecule has 1 saturated carbocycles. The standard InChI is InChI=1S/C11H23N3O2/c12-10(14-16)4-3-7-13-8-11(9-15)5-1-2-6-11/h13,15-16H,1-9H2,(H2,12,14). The zero-order valence-corrected chi connectivity index (χ0v) is 9.78. The number of aliphatic hydroxyl groups excluding tert-OH is 1. The normalized spacial score (nSPS) is 20.2. The van der Waals surface area contributed by atoms with Gasteiger partial charge >= 0.3 is 0 Å². The quantitative estimate of drug-likeness (QED) is 0.170. The van der Waals surface area contributed by atoms with Gasteiger partial charge in [-0.25, -0.2) is 0 Å². The van der Waals surface area contributed by atoms with Crippen molar-refractivity contribution in [1.29, 1.82) is 0 Å². The molecule has 0 aliphatic heterocycles. The van der Waals surface area contributed by atoms with Crippen LogP contribution in [0.5, 0.6) is 0 Å². The van der Waals surface area contributed by atoms with Crippen LogP contribution in [-0.2, 0) is 0 Å². The summed E-state index contributed by atoms with van der Waals surface area (Å²) in [4.78, 5) is 0. The van der Waals surface area contributed by atoms with E-state index < -0.39 is 0 Å². The van der Waals surface area contributed by atoms with Gasteiger partial charge in [-0.05, 0) is 25.8 Å². The van der Waals surface area contributed by atoms with Gasteiger partial charge in [0.05, 0.1) is 0 Å². The first-order valence-corrected chi connectivity index (χ1v) is 6.00. The van der Waals surface area contributed by atoms with Crippen molar-refractivity contribution in [2.75, 3.05) is 19.7 Å². The summed E-state index contributed by atoms with van der Waals surface area (Å²) in [5, 5.41) is 24.0. The summed E-state index contributed by atoms with van der Waals surface area (Å²) in [6.45, 7) is 2.00. The summed E-state index contributed by atoms with van der Waals surface area (Å²) in [5.41, 5.74) is 5.47. The van der Waals surface area contributed by atoms with E-state index in [2.05, 4.69) is 10.5 Å². The van der Waals surface area contributed by atoms with Gasteiger partial charge in [-0.2, -0.15) is 0 Å². The number of oxime groups is 1. The Morgan fingerprint density at radius 2 is 2.06 bits per heavy atom. The van der Waals surface area contributed by atoms with E-state index in [-0.39, 0.29) is 17.9 Å². The third-order valence-corrected chi connectivity index (χ3v) is 3.41. The Balaban J connectivity index is 2.10. The Kier molecular flexibility index (Phi) is 5.55. The molecular formula is C11H23N3O2. The molecule has 5 nitrogen and oxygen atoms in total. The van der Waals surface area contributed by atoms with Crippen molar-refractivity contribution in [2.45, 2.75) is 38.5 Å². The van der Waals surface area contributed by atoms with E-state index in [0.717, 1.165) is 32.4 Å². The molecule has 16 heavy (non-hydrogen) atoms. The van der Waals surface area contributed by atoms with Gasteiger partial charge in [-0.15, -0.1) is 0 Å². The number of hydrogen-bond acceptors (Lipinski definition) is 4. The van der Waals surface area contributed by atoms with Gasteiger partial charge in [0.15, 0.2) is 0 Å². The smallest absolute Gasteiger partial charge is 0.139 e. The van der Waals surface area contributed by atoms with Crippen molar-refractivity contribution < 1.29 is 10.3 Å². The van der Waals surface area contributed by atoms with Crippen LogP contribution in [0.2, 0.25) is 0 Å². The predicted octanol–water partition coefficient (Wildman–Crippen LogP) is 0.655. The van der Waals surface area contributed by atoms with Crippen molar-refractivity contribution in [3.8, 4) is 0 Å². The maximum Gasteiger partial charge on any atom is 0.139 e. The van der Waals surface area contributed by atoms with Crippen LogP contribution in [0, 0.1) is 5.41 Å². The van der Waals surface area contributed by atoms with Gasteiger partial charge in [-0.3, -0.25) is 0 Å². The molecule has 0 radical (unpaired) electrons. The molecule has 0 aromatic rings. The molecule has 1 aliphatic carbocycles. The fourth-order valence-corrected chi connectivity index (χ4v) is 2.31. The minimum Gasteiger partial charge on any atom is -0.409 e. The lowest BCUT2D eigenvalue weighted by molar-refractivity contribution is 0.128. The van der Waals surface area contributed by atoms with Crippen LogP contribution in [0.3, 0.4) is 0 Å². The summed E-state index contributed by atoms with van der Waals surface area (Å²) in [5.74, 6) is 0.277. The van der Waals surface area contributed by atoms with Crippen molar-refractivity contribution in [2.24, 2.45) is 16.3 Å². The maximum absolute atomic E-state index is 9.39. The van der Waals surface area contributed by atoms with E-state index in [1.165, 1.54) is 12.8 Å². The largest absolute Gasteiger partial charge is 0.409 e. The van der Waals surface area contributed by atoms with Gasteiger partial charge in [-0.1, -0.05) is 18.0 Å². The van der Waals surface area contributed by atoms with Crippen LogP contribution in [0.25, 0.3) is 0 Å². The number of nitrogens with two attached hydrogens (primary N) is 1. The SMILES string of the molecule is NC(CCCNCC1(CO)CCCC1)=NO. The molecule has 0 amide bonds. The Bertz CT molecular complexity index is 225. The monoisotopic (exact) mass is 229 g/mol. The number of nitrogens with zero attached hydrogens (tertiary/aromatic N) is 1. The highest BCUT2D eigenvalue weighted by molar-refractivity contribution is 5.79. The first-order valence-electron chi connectivity index (χ1n) is 6.00. The van der Waals surface area contributed by atoms with Gasteiger partial charge in [0, 0.05) is 25.0 Å².